The molecule has 0 N–H and O–H groups in total. The Morgan fingerprint density at radius 1 is 1.00 bits per heavy atom. The fourth-order valence-corrected chi connectivity index (χ4v) is 4.20. The molecule has 0 unspecified atom stereocenters. The molecular weight excluding hydrogens is 268 g/mol. The van der Waals surface area contributed by atoms with E-state index in [1.54, 1.807) is 11.3 Å². The topological polar surface area (TPSA) is 23.6 Å². The minimum absolute atomic E-state index is 0.317. The number of hydrogen-bond donors (Lipinski definition) is 0. The lowest BCUT2D eigenvalue weighted by molar-refractivity contribution is -0.118. The Labute approximate surface area is 125 Å². The number of thiophene rings is 1. The Balaban J connectivity index is 1.64. The van der Waals surface area contributed by atoms with E-state index in [0.29, 0.717) is 12.3 Å². The van der Waals surface area contributed by atoms with Gasteiger partial charge in [0.2, 0.25) is 5.91 Å². The fourth-order valence-electron chi connectivity index (χ4n) is 3.28. The van der Waals surface area contributed by atoms with Crippen molar-refractivity contribution in [3.8, 4) is 0 Å². The molecule has 0 saturated carbocycles. The zero-order valence-corrected chi connectivity index (χ0v) is 13.0. The Bertz CT molecular complexity index is 449. The molecule has 0 aliphatic carbocycles. The van der Waals surface area contributed by atoms with E-state index in [1.165, 1.54) is 49.3 Å². The van der Waals surface area contributed by atoms with Crippen molar-refractivity contribution in [1.82, 2.24) is 4.90 Å². The summed E-state index contributed by atoms with van der Waals surface area (Å²) in [6.45, 7) is 4.31. The van der Waals surface area contributed by atoms with Crippen LogP contribution in [0.4, 0.5) is 5.69 Å². The van der Waals surface area contributed by atoms with Crippen LogP contribution >= 0.6 is 11.3 Å². The van der Waals surface area contributed by atoms with Crippen LogP contribution in [0.15, 0.2) is 11.4 Å². The molecule has 0 radical (unpaired) electrons. The highest BCUT2D eigenvalue weighted by molar-refractivity contribution is 7.10. The number of rotatable bonds is 3. The van der Waals surface area contributed by atoms with Gasteiger partial charge in [-0.25, -0.2) is 0 Å². The van der Waals surface area contributed by atoms with E-state index in [2.05, 4.69) is 16.3 Å². The lowest BCUT2D eigenvalue weighted by atomic mass is 10.2. The van der Waals surface area contributed by atoms with Gasteiger partial charge in [0, 0.05) is 24.4 Å². The smallest absolute Gasteiger partial charge is 0.227 e. The number of carbonyl (C=O) groups excluding carboxylic acids is 1. The van der Waals surface area contributed by atoms with Crippen molar-refractivity contribution in [2.75, 3.05) is 31.1 Å². The Hall–Kier alpha value is -0.870. The van der Waals surface area contributed by atoms with Crippen LogP contribution in [-0.4, -0.2) is 37.0 Å². The van der Waals surface area contributed by atoms with E-state index in [4.69, 9.17) is 0 Å². The van der Waals surface area contributed by atoms with Crippen LogP contribution in [0.3, 0.4) is 0 Å². The van der Waals surface area contributed by atoms with Gasteiger partial charge in [-0.15, -0.1) is 11.3 Å². The molecule has 1 saturated heterocycles. The summed E-state index contributed by atoms with van der Waals surface area (Å²) in [5, 5.41) is 2.13. The van der Waals surface area contributed by atoms with Crippen LogP contribution < -0.4 is 4.90 Å². The van der Waals surface area contributed by atoms with Gasteiger partial charge in [-0.1, -0.05) is 12.8 Å². The molecule has 0 spiro atoms. The number of anilines is 1. The first-order valence-electron chi connectivity index (χ1n) is 7.94. The molecule has 4 heteroatoms. The van der Waals surface area contributed by atoms with E-state index < -0.39 is 0 Å². The maximum atomic E-state index is 12.3. The van der Waals surface area contributed by atoms with E-state index in [-0.39, 0.29) is 0 Å². The number of carbonyl (C=O) groups is 1. The molecular formula is C16H24N2OS. The second-order valence-electron chi connectivity index (χ2n) is 5.88. The Morgan fingerprint density at radius 2 is 1.80 bits per heavy atom. The highest BCUT2D eigenvalue weighted by Crippen LogP contribution is 2.31. The van der Waals surface area contributed by atoms with Gasteiger partial charge < -0.3 is 9.80 Å². The van der Waals surface area contributed by atoms with Gasteiger partial charge in [-0.3, -0.25) is 4.79 Å². The van der Waals surface area contributed by atoms with Crippen LogP contribution in [0.1, 0.15) is 43.4 Å². The van der Waals surface area contributed by atoms with Crippen LogP contribution in [0.2, 0.25) is 0 Å². The van der Waals surface area contributed by atoms with E-state index in [0.717, 1.165) is 25.9 Å². The summed E-state index contributed by atoms with van der Waals surface area (Å²) in [6, 6.07) is 2.13. The molecule has 0 atom stereocenters. The van der Waals surface area contributed by atoms with Crippen molar-refractivity contribution in [2.45, 2.75) is 44.9 Å². The number of likely N-dealkylation sites (tertiary alicyclic amines) is 1. The second-order valence-corrected chi connectivity index (χ2v) is 6.88. The first-order chi connectivity index (χ1) is 9.84. The van der Waals surface area contributed by atoms with Gasteiger partial charge in [-0.2, -0.15) is 0 Å². The van der Waals surface area contributed by atoms with Crippen molar-refractivity contribution in [3.63, 3.8) is 0 Å². The van der Waals surface area contributed by atoms with Crippen LogP contribution in [0, 0.1) is 0 Å². The van der Waals surface area contributed by atoms with Crippen molar-refractivity contribution < 1.29 is 4.79 Å². The van der Waals surface area contributed by atoms with Crippen molar-refractivity contribution >= 4 is 22.9 Å². The number of fused-ring (bicyclic) bond motifs is 1. The summed E-state index contributed by atoms with van der Waals surface area (Å²) in [7, 11) is 0. The summed E-state index contributed by atoms with van der Waals surface area (Å²) in [4.78, 5) is 18.3. The maximum absolute atomic E-state index is 12.3. The number of hydrogen-bond acceptors (Lipinski definition) is 3. The minimum atomic E-state index is 0.317. The zero-order chi connectivity index (χ0) is 13.8. The molecule has 0 aromatic carbocycles. The molecule has 110 valence electrons. The molecule has 20 heavy (non-hydrogen) atoms. The Morgan fingerprint density at radius 3 is 2.60 bits per heavy atom. The number of nitrogens with zero attached hydrogens (tertiary/aromatic N) is 2. The third-order valence-corrected chi connectivity index (χ3v) is 5.42. The third-order valence-electron chi connectivity index (χ3n) is 4.45. The van der Waals surface area contributed by atoms with Crippen LogP contribution in [0.5, 0.6) is 0 Å². The van der Waals surface area contributed by atoms with Gasteiger partial charge in [0.25, 0.3) is 0 Å². The molecule has 1 fully saturated rings. The molecule has 2 aliphatic rings. The molecule has 1 amide bonds. The van der Waals surface area contributed by atoms with E-state index in [1.807, 2.05) is 4.90 Å². The van der Waals surface area contributed by atoms with Crippen molar-refractivity contribution in [1.29, 1.82) is 0 Å². The predicted octanol–water partition coefficient (Wildman–Crippen LogP) is 3.29. The standard InChI is InChI=1S/C16H24N2OS/c19-16-7-5-6-15-14(8-13-20-15)18(16)12-11-17-9-3-1-2-4-10-17/h8,13H,1-7,9-12H2. The summed E-state index contributed by atoms with van der Waals surface area (Å²) in [5.41, 5.74) is 1.19. The minimum Gasteiger partial charge on any atom is -0.310 e. The highest BCUT2D eigenvalue weighted by Gasteiger charge is 2.23. The first kappa shape index (κ1) is 14.1. The second kappa shape index (κ2) is 6.72. The molecule has 0 bridgehead atoms. The van der Waals surface area contributed by atoms with Crippen molar-refractivity contribution in [3.05, 3.63) is 16.3 Å². The summed E-state index contributed by atoms with van der Waals surface area (Å²) in [5.74, 6) is 0.317. The normalized spacial score (nSPS) is 21.4. The molecule has 3 rings (SSSR count). The van der Waals surface area contributed by atoms with Gasteiger partial charge >= 0.3 is 0 Å². The lowest BCUT2D eigenvalue weighted by Gasteiger charge is -2.26. The predicted molar refractivity (Wildman–Crippen MR) is 84.5 cm³/mol. The zero-order valence-electron chi connectivity index (χ0n) is 12.1. The monoisotopic (exact) mass is 292 g/mol. The molecule has 3 heterocycles. The number of aryl methyl sites for hydroxylation is 1. The quantitative estimate of drug-likeness (QED) is 0.853. The third kappa shape index (κ3) is 3.23. The summed E-state index contributed by atoms with van der Waals surface area (Å²) in [6.07, 6.45) is 8.16. The van der Waals surface area contributed by atoms with Gasteiger partial charge in [0.05, 0.1) is 5.69 Å². The molecule has 1 aromatic heterocycles. The highest BCUT2D eigenvalue weighted by atomic mass is 32.1. The van der Waals surface area contributed by atoms with Gasteiger partial charge in [-0.05, 0) is 50.2 Å². The number of amides is 1. The first-order valence-corrected chi connectivity index (χ1v) is 8.81. The SMILES string of the molecule is O=C1CCCc2sccc2N1CCN1CCCCCC1. The van der Waals surface area contributed by atoms with Crippen LogP contribution in [0.25, 0.3) is 0 Å². The summed E-state index contributed by atoms with van der Waals surface area (Å²) >= 11 is 1.80. The van der Waals surface area contributed by atoms with Gasteiger partial charge in [0.15, 0.2) is 0 Å². The largest absolute Gasteiger partial charge is 0.310 e. The fraction of sp³-hybridized carbons (Fsp3) is 0.688. The summed E-state index contributed by atoms with van der Waals surface area (Å²) < 4.78 is 0. The average molecular weight is 292 g/mol. The lowest BCUT2D eigenvalue weighted by Crippen LogP contribution is -2.38. The molecule has 2 aliphatic heterocycles. The molecule has 3 nitrogen and oxygen atoms in total. The molecule has 1 aromatic rings. The van der Waals surface area contributed by atoms with Gasteiger partial charge in [0.1, 0.15) is 0 Å². The van der Waals surface area contributed by atoms with Crippen LogP contribution in [-0.2, 0) is 11.2 Å². The average Bonchev–Trinajstić information content (AvgIpc) is 2.68. The maximum Gasteiger partial charge on any atom is 0.227 e. The Kier molecular flexibility index (Phi) is 4.73. The van der Waals surface area contributed by atoms with E-state index in [9.17, 15) is 4.79 Å². The van der Waals surface area contributed by atoms with Crippen molar-refractivity contribution in [2.24, 2.45) is 0 Å². The van der Waals surface area contributed by atoms with E-state index >= 15 is 0 Å².